The Kier molecular flexibility index (Phi) is 7.81. The monoisotopic (exact) mass is 266 g/mol. The van der Waals surface area contributed by atoms with Gasteiger partial charge in [-0.1, -0.05) is 30.3 Å². The first-order valence-corrected chi connectivity index (χ1v) is 6.50. The van der Waals surface area contributed by atoms with E-state index in [0.29, 0.717) is 32.6 Å². The number of ether oxygens (including phenoxy) is 1. The summed E-state index contributed by atoms with van der Waals surface area (Å²) in [7, 11) is 0. The van der Waals surface area contributed by atoms with Crippen LogP contribution in [0.1, 0.15) is 24.4 Å². The van der Waals surface area contributed by atoms with Crippen molar-refractivity contribution in [2.45, 2.75) is 18.9 Å². The molecule has 0 aliphatic carbocycles. The van der Waals surface area contributed by atoms with Gasteiger partial charge < -0.3 is 20.9 Å². The zero-order valence-electron chi connectivity index (χ0n) is 11.0. The van der Waals surface area contributed by atoms with Gasteiger partial charge in [0.2, 0.25) is 5.91 Å². The van der Waals surface area contributed by atoms with Gasteiger partial charge in [0.05, 0.1) is 19.8 Å². The minimum Gasteiger partial charge on any atom is -0.394 e. The lowest BCUT2D eigenvalue weighted by Gasteiger charge is -2.11. The molecule has 1 amide bonds. The molecule has 0 heterocycles. The van der Waals surface area contributed by atoms with Crippen LogP contribution < -0.4 is 11.1 Å². The highest BCUT2D eigenvalue weighted by Gasteiger charge is 2.08. The highest BCUT2D eigenvalue weighted by atomic mass is 16.5. The molecule has 5 nitrogen and oxygen atoms in total. The Hall–Kier alpha value is -1.43. The number of hydrogen-bond donors (Lipinski definition) is 3. The summed E-state index contributed by atoms with van der Waals surface area (Å²) in [6, 6.07) is 9.63. The van der Waals surface area contributed by atoms with Crippen molar-refractivity contribution in [3.05, 3.63) is 35.9 Å². The summed E-state index contributed by atoms with van der Waals surface area (Å²) in [5.74, 6) is -0.0287. The number of hydrogen-bond acceptors (Lipinski definition) is 4. The third-order valence-electron chi connectivity index (χ3n) is 2.71. The minimum absolute atomic E-state index is 0.000123. The third-order valence-corrected chi connectivity index (χ3v) is 2.71. The predicted octanol–water partition coefficient (Wildman–Crippen LogP) is 0.592. The van der Waals surface area contributed by atoms with Gasteiger partial charge in [-0.05, 0) is 12.0 Å². The molecule has 0 saturated heterocycles. The highest BCUT2D eigenvalue weighted by molar-refractivity contribution is 5.75. The van der Waals surface area contributed by atoms with Crippen molar-refractivity contribution in [1.29, 1.82) is 0 Å². The molecule has 1 aromatic carbocycles. The molecule has 0 aromatic heterocycles. The van der Waals surface area contributed by atoms with Gasteiger partial charge in [-0.3, -0.25) is 4.79 Å². The fraction of sp³-hybridized carbons (Fsp3) is 0.500. The number of carbonyl (C=O) groups excluding carboxylic acids is 1. The van der Waals surface area contributed by atoms with Crippen LogP contribution in [0.3, 0.4) is 0 Å². The fourth-order valence-electron chi connectivity index (χ4n) is 1.67. The van der Waals surface area contributed by atoms with Crippen LogP contribution in [-0.4, -0.2) is 37.4 Å². The molecule has 0 saturated carbocycles. The highest BCUT2D eigenvalue weighted by Crippen LogP contribution is 2.14. The SMILES string of the molecule is NC(CCC(=O)NCCOCCO)c1ccccc1. The lowest BCUT2D eigenvalue weighted by Crippen LogP contribution is -2.28. The molecule has 0 spiro atoms. The van der Waals surface area contributed by atoms with Crippen molar-refractivity contribution in [1.82, 2.24) is 5.32 Å². The molecule has 4 N–H and O–H groups in total. The quantitative estimate of drug-likeness (QED) is 0.571. The second kappa shape index (κ2) is 9.49. The smallest absolute Gasteiger partial charge is 0.220 e. The molecule has 1 unspecified atom stereocenters. The molecule has 1 rings (SSSR count). The van der Waals surface area contributed by atoms with Crippen LogP contribution in [0.2, 0.25) is 0 Å². The Morgan fingerprint density at radius 3 is 2.74 bits per heavy atom. The van der Waals surface area contributed by atoms with E-state index in [1.54, 1.807) is 0 Å². The van der Waals surface area contributed by atoms with Crippen molar-refractivity contribution >= 4 is 5.91 Å². The van der Waals surface area contributed by atoms with Crippen LogP contribution in [0, 0.1) is 0 Å². The summed E-state index contributed by atoms with van der Waals surface area (Å²) in [6.45, 7) is 1.17. The summed E-state index contributed by atoms with van der Waals surface area (Å²) < 4.78 is 5.04. The number of aliphatic hydroxyl groups excluding tert-OH is 1. The molecule has 1 atom stereocenters. The number of nitrogens with two attached hydrogens (primary N) is 1. The van der Waals surface area contributed by atoms with E-state index in [9.17, 15) is 4.79 Å². The molecule has 5 heteroatoms. The number of amides is 1. The van der Waals surface area contributed by atoms with E-state index in [0.717, 1.165) is 5.56 Å². The minimum atomic E-state index is -0.113. The Morgan fingerprint density at radius 2 is 2.05 bits per heavy atom. The van der Waals surface area contributed by atoms with Gasteiger partial charge in [-0.2, -0.15) is 0 Å². The number of rotatable bonds is 9. The Bertz CT molecular complexity index is 357. The van der Waals surface area contributed by atoms with Crippen molar-refractivity contribution in [3.63, 3.8) is 0 Å². The van der Waals surface area contributed by atoms with Gasteiger partial charge in [0, 0.05) is 19.0 Å². The zero-order valence-corrected chi connectivity index (χ0v) is 11.0. The number of nitrogens with one attached hydrogen (secondary N) is 1. The van der Waals surface area contributed by atoms with Crippen LogP contribution in [0.25, 0.3) is 0 Å². The van der Waals surface area contributed by atoms with E-state index >= 15 is 0 Å². The molecule has 0 aliphatic rings. The lowest BCUT2D eigenvalue weighted by atomic mass is 10.0. The average Bonchev–Trinajstić information content (AvgIpc) is 2.45. The van der Waals surface area contributed by atoms with Gasteiger partial charge in [-0.15, -0.1) is 0 Å². The summed E-state index contributed by atoms with van der Waals surface area (Å²) in [4.78, 5) is 11.5. The van der Waals surface area contributed by atoms with E-state index < -0.39 is 0 Å². The lowest BCUT2D eigenvalue weighted by molar-refractivity contribution is -0.121. The van der Waals surface area contributed by atoms with Crippen molar-refractivity contribution in [2.75, 3.05) is 26.4 Å². The standard InChI is InChI=1S/C14H22N2O3/c15-13(12-4-2-1-3-5-12)6-7-14(18)16-8-10-19-11-9-17/h1-5,13,17H,6-11,15H2,(H,16,18). The van der Waals surface area contributed by atoms with Gasteiger partial charge in [0.25, 0.3) is 0 Å². The van der Waals surface area contributed by atoms with E-state index in [1.165, 1.54) is 0 Å². The largest absolute Gasteiger partial charge is 0.394 e. The molecule has 19 heavy (non-hydrogen) atoms. The van der Waals surface area contributed by atoms with Crippen LogP contribution in [-0.2, 0) is 9.53 Å². The molecule has 0 fully saturated rings. The normalized spacial score (nSPS) is 12.1. The van der Waals surface area contributed by atoms with Gasteiger partial charge in [0.15, 0.2) is 0 Å². The maximum Gasteiger partial charge on any atom is 0.220 e. The first-order valence-electron chi connectivity index (χ1n) is 6.50. The van der Waals surface area contributed by atoms with Crippen LogP contribution >= 0.6 is 0 Å². The average molecular weight is 266 g/mol. The first kappa shape index (κ1) is 15.6. The molecular weight excluding hydrogens is 244 g/mol. The molecule has 0 aliphatic heterocycles. The maximum absolute atomic E-state index is 11.5. The molecule has 1 aromatic rings. The molecule has 0 bridgehead atoms. The van der Waals surface area contributed by atoms with E-state index in [-0.39, 0.29) is 18.6 Å². The Morgan fingerprint density at radius 1 is 1.32 bits per heavy atom. The maximum atomic E-state index is 11.5. The van der Waals surface area contributed by atoms with Crippen LogP contribution in [0.15, 0.2) is 30.3 Å². The van der Waals surface area contributed by atoms with Crippen LogP contribution in [0.4, 0.5) is 0 Å². The second-order valence-electron chi connectivity index (χ2n) is 4.24. The topological polar surface area (TPSA) is 84.6 Å². The third kappa shape index (κ3) is 6.91. The van der Waals surface area contributed by atoms with Crippen molar-refractivity contribution in [3.8, 4) is 0 Å². The fourth-order valence-corrected chi connectivity index (χ4v) is 1.67. The Labute approximate surface area is 113 Å². The summed E-state index contributed by atoms with van der Waals surface area (Å²) in [6.07, 6.45) is 1.02. The molecule has 106 valence electrons. The molecule has 0 radical (unpaired) electrons. The number of aliphatic hydroxyl groups is 1. The van der Waals surface area contributed by atoms with E-state index in [1.807, 2.05) is 30.3 Å². The number of benzene rings is 1. The van der Waals surface area contributed by atoms with Gasteiger partial charge in [0.1, 0.15) is 0 Å². The van der Waals surface area contributed by atoms with Crippen molar-refractivity contribution < 1.29 is 14.6 Å². The van der Waals surface area contributed by atoms with E-state index in [4.69, 9.17) is 15.6 Å². The first-order chi connectivity index (χ1) is 9.24. The van der Waals surface area contributed by atoms with Crippen LogP contribution in [0.5, 0.6) is 0 Å². The van der Waals surface area contributed by atoms with E-state index in [2.05, 4.69) is 5.32 Å². The van der Waals surface area contributed by atoms with Crippen molar-refractivity contribution in [2.24, 2.45) is 5.73 Å². The van der Waals surface area contributed by atoms with Gasteiger partial charge >= 0.3 is 0 Å². The summed E-state index contributed by atoms with van der Waals surface area (Å²) in [5, 5.41) is 11.2. The summed E-state index contributed by atoms with van der Waals surface area (Å²) in [5.41, 5.74) is 7.05. The Balaban J connectivity index is 2.13. The second-order valence-corrected chi connectivity index (χ2v) is 4.24. The summed E-state index contributed by atoms with van der Waals surface area (Å²) >= 11 is 0. The number of carbonyl (C=O) groups is 1. The predicted molar refractivity (Wildman–Crippen MR) is 73.5 cm³/mol. The van der Waals surface area contributed by atoms with Gasteiger partial charge in [-0.25, -0.2) is 0 Å². The molecular formula is C14H22N2O3. The zero-order chi connectivity index (χ0) is 13.9.